The Morgan fingerprint density at radius 2 is 1.11 bits per heavy atom. The van der Waals surface area contributed by atoms with Crippen molar-refractivity contribution >= 4 is 5.78 Å². The number of aliphatic hydroxyl groups excluding tert-OH is 14. The van der Waals surface area contributed by atoms with Gasteiger partial charge in [0.05, 0.1) is 51.3 Å². The Morgan fingerprint density at radius 1 is 0.530 bits per heavy atom. The molecule has 7 saturated heterocycles. The summed E-state index contributed by atoms with van der Waals surface area (Å²) < 4.78 is 72.9. The van der Waals surface area contributed by atoms with Crippen LogP contribution in [0.1, 0.15) is 92.4 Å². The summed E-state index contributed by atoms with van der Waals surface area (Å²) in [7, 11) is 0. The summed E-state index contributed by atoms with van der Waals surface area (Å²) in [6.45, 7) is 7.71. The number of hydrogen-bond acceptors (Lipinski definition) is 27. The van der Waals surface area contributed by atoms with Gasteiger partial charge >= 0.3 is 0 Å². The first kappa shape index (κ1) is 63.2. The second-order valence-corrected chi connectivity index (χ2v) is 26.5. The van der Waals surface area contributed by atoms with Gasteiger partial charge in [0.15, 0.2) is 37.2 Å². The number of carbonyl (C=O) groups is 1. The largest absolute Gasteiger partial charge is 0.394 e. The minimum Gasteiger partial charge on any atom is -0.394 e. The van der Waals surface area contributed by atoms with Gasteiger partial charge in [-0.2, -0.15) is 0 Å². The molecule has 83 heavy (non-hydrogen) atoms. The highest BCUT2D eigenvalue weighted by Crippen LogP contribution is 2.70. The molecule has 4 saturated carbocycles. The Balaban J connectivity index is 0.732. The summed E-state index contributed by atoms with van der Waals surface area (Å²) in [5, 5.41) is 153. The standard InChI is InChI=1S/C56H90O27/c1-20-8-11-56(73-18-20)21(2)34-29(83-56)13-27-25-7-6-23-12-24(9-10-54(23,4)26(25)14-33(61)55(27,34)5)75-51-43(70)39(66)45(31(16-58)77-51)79-52-44(71)40(67)46(32(17-59)78-52)80-53-48(82-49-41(68)36(63)28(60)19-72-49)47(37(64)30(15-57)76-53)81-50-42(69)38(65)35(62)22(3)74-50/h20-32,34-53,57-60,62-71H,6-19H2,1-5H3/t20-,21?,22-,23+,24+,25?,26?,27?,28-,29?,30-,31-,32-,34?,35-,36+,37-,38+,39-,40-,41-,42+,43-,44-,45+,46-,47+,48-,49-,50-,51-,52-,53+,54+,55-,56?/m1/s1. The molecule has 11 fully saturated rings. The quantitative estimate of drug-likeness (QED) is 0.0777. The van der Waals surface area contributed by atoms with Crippen LogP contribution < -0.4 is 0 Å². The number of fused-ring (bicyclic) bond motifs is 7. The number of ketones is 1. The topological polar surface area (TPSA) is 411 Å². The molecule has 0 radical (unpaired) electrons. The van der Waals surface area contributed by atoms with E-state index in [0.29, 0.717) is 43.5 Å². The molecule has 0 aromatic heterocycles. The predicted octanol–water partition coefficient (Wildman–Crippen LogP) is -4.24. The summed E-state index contributed by atoms with van der Waals surface area (Å²) >= 11 is 0. The van der Waals surface area contributed by atoms with Gasteiger partial charge in [-0.15, -0.1) is 0 Å². The van der Waals surface area contributed by atoms with Gasteiger partial charge < -0.3 is 128 Å². The molecule has 0 bridgehead atoms. The van der Waals surface area contributed by atoms with Crippen LogP contribution in [0.4, 0.5) is 0 Å². The van der Waals surface area contributed by atoms with Crippen molar-refractivity contribution in [1.82, 2.24) is 0 Å². The lowest BCUT2D eigenvalue weighted by Crippen LogP contribution is -2.68. The van der Waals surface area contributed by atoms with Gasteiger partial charge in [-0.3, -0.25) is 4.79 Å². The lowest BCUT2D eigenvalue weighted by molar-refractivity contribution is -0.405. The fraction of sp³-hybridized carbons (Fsp3) is 0.982. The monoisotopic (exact) mass is 1190 g/mol. The van der Waals surface area contributed by atoms with Crippen molar-refractivity contribution in [3.63, 3.8) is 0 Å². The van der Waals surface area contributed by atoms with Gasteiger partial charge in [-0.1, -0.05) is 27.7 Å². The highest BCUT2D eigenvalue weighted by molar-refractivity contribution is 5.87. The minimum atomic E-state index is -2.10. The van der Waals surface area contributed by atoms with E-state index in [4.69, 9.17) is 56.8 Å². The predicted molar refractivity (Wildman–Crippen MR) is 274 cm³/mol. The van der Waals surface area contributed by atoms with E-state index in [1.54, 1.807) is 0 Å². The molecular formula is C56H90O27. The van der Waals surface area contributed by atoms with Gasteiger partial charge in [0.2, 0.25) is 0 Å². The van der Waals surface area contributed by atoms with Crippen molar-refractivity contribution < 1.29 is 133 Å². The smallest absolute Gasteiger partial charge is 0.187 e. The normalized spacial score (nSPS) is 57.4. The zero-order valence-corrected chi connectivity index (χ0v) is 47.5. The third kappa shape index (κ3) is 10.9. The molecule has 476 valence electrons. The number of carbonyl (C=O) groups excluding carboxylic acids is 1. The summed E-state index contributed by atoms with van der Waals surface area (Å²) in [6.07, 6.45) is -35.7. The number of ether oxygens (including phenoxy) is 12. The lowest BCUT2D eigenvalue weighted by Gasteiger charge is -2.60. The fourth-order valence-corrected chi connectivity index (χ4v) is 17.0. The molecular weight excluding hydrogens is 1100 g/mol. The van der Waals surface area contributed by atoms with Gasteiger partial charge in [-0.25, -0.2) is 0 Å². The second-order valence-electron chi connectivity index (χ2n) is 26.5. The molecule has 36 atom stereocenters. The molecule has 0 aromatic carbocycles. The average molecular weight is 1200 g/mol. The first-order chi connectivity index (χ1) is 39.4. The highest BCUT2D eigenvalue weighted by atomic mass is 16.8. The molecule has 27 nitrogen and oxygen atoms in total. The Hall–Kier alpha value is -1.37. The molecule has 1 spiro atoms. The van der Waals surface area contributed by atoms with Crippen molar-refractivity contribution in [1.29, 1.82) is 0 Å². The Bertz CT molecular complexity index is 2210. The number of rotatable bonds is 13. The van der Waals surface area contributed by atoms with Crippen LogP contribution in [0.3, 0.4) is 0 Å². The van der Waals surface area contributed by atoms with E-state index in [9.17, 15) is 76.3 Å². The maximum atomic E-state index is 14.7. The van der Waals surface area contributed by atoms with Crippen molar-refractivity contribution in [3.8, 4) is 0 Å². The molecule has 0 aromatic rings. The first-order valence-electron chi connectivity index (χ1n) is 30.1. The van der Waals surface area contributed by atoms with Crippen LogP contribution in [-0.4, -0.2) is 276 Å². The van der Waals surface area contributed by atoms with E-state index in [1.807, 2.05) is 0 Å². The van der Waals surface area contributed by atoms with E-state index in [2.05, 4.69) is 27.7 Å². The molecule has 7 aliphatic heterocycles. The van der Waals surface area contributed by atoms with Crippen molar-refractivity contribution in [2.24, 2.45) is 52.3 Å². The summed E-state index contributed by atoms with van der Waals surface area (Å²) in [4.78, 5) is 14.7. The number of hydrogen-bond donors (Lipinski definition) is 14. The maximum absolute atomic E-state index is 14.7. The van der Waals surface area contributed by atoms with Crippen molar-refractivity contribution in [2.45, 2.75) is 258 Å². The summed E-state index contributed by atoms with van der Waals surface area (Å²) in [5.41, 5.74) is -0.636. The Labute approximate surface area is 480 Å². The van der Waals surface area contributed by atoms with Crippen LogP contribution in [0.25, 0.3) is 0 Å². The van der Waals surface area contributed by atoms with Gasteiger partial charge in [0.25, 0.3) is 0 Å². The molecule has 7 unspecified atom stereocenters. The van der Waals surface area contributed by atoms with Crippen molar-refractivity contribution in [3.05, 3.63) is 0 Å². The summed E-state index contributed by atoms with van der Waals surface area (Å²) in [5.74, 6) is 1.36. The van der Waals surface area contributed by atoms with E-state index in [-0.39, 0.29) is 41.1 Å². The second kappa shape index (κ2) is 24.4. The molecule has 11 aliphatic rings. The van der Waals surface area contributed by atoms with Gasteiger partial charge in [0, 0.05) is 30.1 Å². The number of Topliss-reactive ketones (excluding diaryl/α,β-unsaturated/α-hetero) is 1. The highest BCUT2D eigenvalue weighted by Gasteiger charge is 2.72. The van der Waals surface area contributed by atoms with Gasteiger partial charge in [0.1, 0.15) is 116 Å². The molecule has 27 heteroatoms. The summed E-state index contributed by atoms with van der Waals surface area (Å²) in [6, 6.07) is 0. The Morgan fingerprint density at radius 3 is 1.75 bits per heavy atom. The zero-order valence-electron chi connectivity index (χ0n) is 47.5. The molecule has 0 amide bonds. The Kier molecular flexibility index (Phi) is 18.6. The van der Waals surface area contributed by atoms with Crippen LogP contribution >= 0.6 is 0 Å². The lowest BCUT2D eigenvalue weighted by atomic mass is 9.44. The first-order valence-corrected chi connectivity index (χ1v) is 30.1. The van der Waals surface area contributed by atoms with Gasteiger partial charge in [-0.05, 0) is 86.9 Å². The van der Waals surface area contributed by atoms with Crippen molar-refractivity contribution in [2.75, 3.05) is 33.0 Å². The molecule has 11 rings (SSSR count). The minimum absolute atomic E-state index is 0.0172. The van der Waals surface area contributed by atoms with Crippen LogP contribution in [0, 0.1) is 52.3 Å². The maximum Gasteiger partial charge on any atom is 0.187 e. The average Bonchev–Trinajstić information content (AvgIpc) is 1.62. The van der Waals surface area contributed by atoms with Crippen LogP contribution in [0.2, 0.25) is 0 Å². The third-order valence-electron chi connectivity index (χ3n) is 21.9. The molecule has 7 heterocycles. The fourth-order valence-electron chi connectivity index (χ4n) is 17.0. The van der Waals surface area contributed by atoms with Crippen LogP contribution in [-0.2, 0) is 61.6 Å². The van der Waals surface area contributed by atoms with E-state index in [0.717, 1.165) is 38.5 Å². The molecule has 14 N–H and O–H groups in total. The van der Waals surface area contributed by atoms with E-state index < -0.39 is 191 Å². The number of aliphatic hydroxyl groups is 14. The van der Waals surface area contributed by atoms with Crippen LogP contribution in [0.15, 0.2) is 0 Å². The van der Waals surface area contributed by atoms with E-state index >= 15 is 0 Å². The zero-order chi connectivity index (χ0) is 59.5. The van der Waals surface area contributed by atoms with Crippen LogP contribution in [0.5, 0.6) is 0 Å². The third-order valence-corrected chi connectivity index (χ3v) is 21.9. The molecule has 4 aliphatic carbocycles. The van der Waals surface area contributed by atoms with E-state index in [1.165, 1.54) is 6.92 Å². The SMILES string of the molecule is CC1C2C(CC3C4CC[C@H]5C[C@@H](O[C@@H]6O[C@H](CO)[C@H](O[C@H]7O[C@H](CO)[C@@H](O[C@@H]8O[C@H](CO)[C@@H](O)[C@H](O[C@H]9O[C@H](C)[C@@H](O)[C@H](O)[C@@H]9O)[C@H]8O[C@H]8OC[C@@H](O)[C@H](O)[C@H]8O)[C@H](O)[C@H]7O)[C@H](O)[C@H]6O)CC[C@]5(C)C4CC(=O)[C@@]32C)OC12CC[C@@H](C)CO2.